The van der Waals surface area contributed by atoms with Crippen LogP contribution in [0.5, 0.6) is 0 Å². The number of amides is 4. The summed E-state index contributed by atoms with van der Waals surface area (Å²) in [6.45, 7) is 10.5. The Hall–Kier alpha value is -2.85. The Bertz CT molecular complexity index is 643. The average Bonchev–Trinajstić information content (AvgIpc) is 2.57. The van der Waals surface area contributed by atoms with E-state index in [1.807, 2.05) is 0 Å². The van der Waals surface area contributed by atoms with Crippen LogP contribution in [0.1, 0.15) is 54.4 Å². The maximum absolute atomic E-state index is 12.9. The van der Waals surface area contributed by atoms with Gasteiger partial charge in [0.15, 0.2) is 5.96 Å². The van der Waals surface area contributed by atoms with Crippen molar-refractivity contribution in [2.24, 2.45) is 22.8 Å². The minimum atomic E-state index is -0.967. The summed E-state index contributed by atoms with van der Waals surface area (Å²) < 4.78 is 0. The van der Waals surface area contributed by atoms with Crippen molar-refractivity contribution < 1.29 is 19.2 Å². The number of carbonyl (C=O) groups excluding carboxylic acids is 4. The Morgan fingerprint density at radius 2 is 1.53 bits per heavy atom. The summed E-state index contributed by atoms with van der Waals surface area (Å²) in [7, 11) is 0. The molecule has 0 aliphatic carbocycles. The molecule has 11 heteroatoms. The van der Waals surface area contributed by atoms with E-state index < -0.39 is 41.3 Å². The number of guanidine groups is 1. The van der Waals surface area contributed by atoms with Crippen LogP contribution in [0.15, 0.2) is 0 Å². The van der Waals surface area contributed by atoms with E-state index in [1.54, 1.807) is 34.6 Å². The first kappa shape index (κ1) is 27.1. The van der Waals surface area contributed by atoms with E-state index >= 15 is 0 Å². The summed E-state index contributed by atoms with van der Waals surface area (Å²) >= 11 is 0. The van der Waals surface area contributed by atoms with Crippen LogP contribution >= 0.6 is 0 Å². The lowest BCUT2D eigenvalue weighted by Gasteiger charge is -2.31. The van der Waals surface area contributed by atoms with Gasteiger partial charge in [-0.05, 0) is 24.2 Å². The third-order valence-corrected chi connectivity index (χ3v) is 4.36. The fraction of sp³-hybridized carbons (Fsp3) is 0.737. The average molecular weight is 428 g/mol. The van der Waals surface area contributed by atoms with Crippen LogP contribution in [0.4, 0.5) is 0 Å². The van der Waals surface area contributed by atoms with Gasteiger partial charge in [0.1, 0.15) is 18.1 Å². The molecule has 0 aliphatic heterocycles. The van der Waals surface area contributed by atoms with Gasteiger partial charge in [0.05, 0.1) is 0 Å². The van der Waals surface area contributed by atoms with Gasteiger partial charge in [-0.1, -0.05) is 34.6 Å². The van der Waals surface area contributed by atoms with Gasteiger partial charge in [-0.25, -0.2) is 0 Å². The first-order chi connectivity index (χ1) is 13.7. The van der Waals surface area contributed by atoms with Gasteiger partial charge in [0, 0.05) is 13.5 Å². The molecule has 0 rings (SSSR count). The fourth-order valence-electron chi connectivity index (χ4n) is 2.77. The molecule has 9 N–H and O–H groups in total. The molecule has 0 saturated heterocycles. The lowest BCUT2D eigenvalue weighted by molar-refractivity contribution is -0.134. The minimum Gasteiger partial charge on any atom is -0.370 e. The van der Waals surface area contributed by atoms with Crippen LogP contribution < -0.4 is 32.7 Å². The van der Waals surface area contributed by atoms with Crippen LogP contribution in [0.2, 0.25) is 0 Å². The predicted molar refractivity (Wildman–Crippen MR) is 114 cm³/mol. The monoisotopic (exact) mass is 427 g/mol. The molecule has 30 heavy (non-hydrogen) atoms. The maximum atomic E-state index is 12.9. The zero-order chi connectivity index (χ0) is 23.6. The molecular weight excluding hydrogens is 390 g/mol. The lowest BCUT2D eigenvalue weighted by Crippen LogP contribution is -2.59. The molecule has 0 fully saturated rings. The first-order valence-corrected chi connectivity index (χ1v) is 9.91. The van der Waals surface area contributed by atoms with Crippen molar-refractivity contribution in [2.45, 2.75) is 72.5 Å². The van der Waals surface area contributed by atoms with E-state index in [0.29, 0.717) is 13.0 Å². The smallest absolute Gasteiger partial charge is 0.243 e. The molecule has 0 radical (unpaired) electrons. The third-order valence-electron chi connectivity index (χ3n) is 4.36. The van der Waals surface area contributed by atoms with E-state index in [2.05, 4.69) is 21.3 Å². The lowest BCUT2D eigenvalue weighted by atomic mass is 9.86. The second-order valence-corrected chi connectivity index (χ2v) is 8.68. The van der Waals surface area contributed by atoms with Crippen molar-refractivity contribution in [1.29, 1.82) is 5.41 Å². The highest BCUT2D eigenvalue weighted by atomic mass is 16.2. The molecule has 11 nitrogen and oxygen atoms in total. The summed E-state index contributed by atoms with van der Waals surface area (Å²) in [6, 6.07) is -2.72. The second kappa shape index (κ2) is 12.0. The van der Waals surface area contributed by atoms with Crippen LogP contribution in [0.25, 0.3) is 0 Å². The molecule has 0 spiro atoms. The van der Waals surface area contributed by atoms with Crippen LogP contribution in [0, 0.1) is 16.7 Å². The number of hydrogen-bond acceptors (Lipinski definition) is 5. The largest absolute Gasteiger partial charge is 0.370 e. The Morgan fingerprint density at radius 3 is 1.93 bits per heavy atom. The molecule has 0 saturated carbocycles. The summed E-state index contributed by atoms with van der Waals surface area (Å²) in [6.07, 6.45) is 0.638. The van der Waals surface area contributed by atoms with Crippen LogP contribution in [-0.4, -0.2) is 54.3 Å². The van der Waals surface area contributed by atoms with Crippen molar-refractivity contribution in [3.63, 3.8) is 0 Å². The number of carbonyl (C=O) groups is 4. The number of nitrogens with two attached hydrogens (primary N) is 2. The number of rotatable bonds is 11. The van der Waals surface area contributed by atoms with E-state index in [4.69, 9.17) is 16.9 Å². The molecular formula is C19H37N7O4. The minimum absolute atomic E-state index is 0.202. The van der Waals surface area contributed by atoms with Gasteiger partial charge in [-0.2, -0.15) is 0 Å². The van der Waals surface area contributed by atoms with Gasteiger partial charge < -0.3 is 32.7 Å². The van der Waals surface area contributed by atoms with Crippen molar-refractivity contribution in [3.05, 3.63) is 0 Å². The number of primary amides is 1. The van der Waals surface area contributed by atoms with Crippen molar-refractivity contribution in [2.75, 3.05) is 6.54 Å². The maximum Gasteiger partial charge on any atom is 0.243 e. The normalized spacial score (nSPS) is 14.2. The topological polar surface area (TPSA) is 192 Å². The third kappa shape index (κ3) is 10.1. The molecule has 3 atom stereocenters. The molecule has 0 heterocycles. The van der Waals surface area contributed by atoms with Gasteiger partial charge in [0.25, 0.3) is 0 Å². The summed E-state index contributed by atoms with van der Waals surface area (Å²) in [5.41, 5.74) is 10.1. The van der Waals surface area contributed by atoms with Crippen molar-refractivity contribution >= 4 is 29.6 Å². The summed E-state index contributed by atoms with van der Waals surface area (Å²) in [4.78, 5) is 48.8. The molecule has 0 unspecified atom stereocenters. The van der Waals surface area contributed by atoms with Gasteiger partial charge >= 0.3 is 0 Å². The number of hydrogen-bond donors (Lipinski definition) is 7. The van der Waals surface area contributed by atoms with Gasteiger partial charge in [0.2, 0.25) is 23.6 Å². The summed E-state index contributed by atoms with van der Waals surface area (Å²) in [5, 5.41) is 17.7. The highest BCUT2D eigenvalue weighted by Crippen LogP contribution is 2.19. The molecule has 172 valence electrons. The Morgan fingerprint density at radius 1 is 0.967 bits per heavy atom. The van der Waals surface area contributed by atoms with Gasteiger partial charge in [-0.3, -0.25) is 24.6 Å². The second-order valence-electron chi connectivity index (χ2n) is 8.68. The highest BCUT2D eigenvalue weighted by Gasteiger charge is 2.34. The standard InChI is InChI=1S/C19H37N7O4/c1-10(2)13(24-11(3)27)17(30)25-12(8-7-9-23-18(21)22)16(29)26-14(15(20)28)19(4,5)6/h10,12-14H,7-9H2,1-6H3,(H2,20,28)(H,24,27)(H,25,30)(H,26,29)(H4,21,22,23)/t12-,13-,14+/m0/s1. The van der Waals surface area contributed by atoms with Crippen LogP contribution in [0.3, 0.4) is 0 Å². The summed E-state index contributed by atoms with van der Waals surface area (Å²) in [5.74, 6) is -2.52. The molecule has 0 aliphatic rings. The quantitative estimate of drug-likeness (QED) is 0.124. The Balaban J connectivity index is 5.44. The predicted octanol–water partition coefficient (Wildman–Crippen LogP) is -1.09. The van der Waals surface area contributed by atoms with E-state index in [9.17, 15) is 19.2 Å². The van der Waals surface area contributed by atoms with E-state index in [1.165, 1.54) is 6.92 Å². The Labute approximate surface area is 178 Å². The highest BCUT2D eigenvalue weighted by molar-refractivity contribution is 5.94. The molecule has 0 aromatic heterocycles. The fourth-order valence-corrected chi connectivity index (χ4v) is 2.77. The van der Waals surface area contributed by atoms with Gasteiger partial charge in [-0.15, -0.1) is 0 Å². The molecule has 0 aromatic carbocycles. The molecule has 4 amide bonds. The molecule has 0 bridgehead atoms. The van der Waals surface area contributed by atoms with E-state index in [-0.39, 0.29) is 24.2 Å². The Kier molecular flexibility index (Phi) is 10.8. The molecule has 0 aromatic rings. The zero-order valence-electron chi connectivity index (χ0n) is 18.7. The van der Waals surface area contributed by atoms with E-state index in [0.717, 1.165) is 0 Å². The number of nitrogens with one attached hydrogen (secondary N) is 5. The van der Waals surface area contributed by atoms with Crippen molar-refractivity contribution in [3.8, 4) is 0 Å². The SMILES string of the molecule is CC(=O)N[C@H](C(=O)N[C@@H](CCCNC(=N)N)C(=O)N[C@H](C(N)=O)C(C)(C)C)C(C)C. The first-order valence-electron chi connectivity index (χ1n) is 9.91. The van der Waals surface area contributed by atoms with Crippen LogP contribution in [-0.2, 0) is 19.2 Å². The zero-order valence-corrected chi connectivity index (χ0v) is 18.7. The van der Waals surface area contributed by atoms with Crippen molar-refractivity contribution in [1.82, 2.24) is 21.3 Å².